The lowest BCUT2D eigenvalue weighted by atomic mass is 9.71. The molecule has 5 atom stereocenters. The van der Waals surface area contributed by atoms with Gasteiger partial charge < -0.3 is 25.3 Å². The van der Waals surface area contributed by atoms with E-state index >= 15 is 0 Å². The zero-order valence-electron chi connectivity index (χ0n) is 20.4. The van der Waals surface area contributed by atoms with Crippen molar-refractivity contribution in [3.05, 3.63) is 30.0 Å². The molecule has 3 amide bonds. The van der Waals surface area contributed by atoms with Crippen molar-refractivity contribution in [1.29, 1.82) is 5.26 Å². The van der Waals surface area contributed by atoms with Gasteiger partial charge in [0.1, 0.15) is 23.5 Å². The number of carbonyl (C=O) groups excluding carboxylic acids is 3. The van der Waals surface area contributed by atoms with E-state index in [-0.39, 0.29) is 24.4 Å². The van der Waals surface area contributed by atoms with E-state index in [4.69, 9.17) is 4.74 Å². The molecular weight excluding hydrogens is 484 g/mol. The van der Waals surface area contributed by atoms with E-state index in [1.54, 1.807) is 24.3 Å². The first-order valence-corrected chi connectivity index (χ1v) is 12.6. The average molecular weight is 514 g/mol. The van der Waals surface area contributed by atoms with Gasteiger partial charge in [0.25, 0.3) is 11.8 Å². The van der Waals surface area contributed by atoms with Crippen molar-refractivity contribution < 1.29 is 27.9 Å². The average Bonchev–Trinajstić information content (AvgIpc) is 3.33. The molecule has 196 valence electrons. The maximum Gasteiger partial charge on any atom is 0.271 e. The summed E-state index contributed by atoms with van der Waals surface area (Å²) in [6.07, 6.45) is 1.38. The largest absolute Gasteiger partial charge is 0.496 e. The molecule has 1 aromatic heterocycles. The number of H-pyrrole nitrogens is 1. The van der Waals surface area contributed by atoms with E-state index < -0.39 is 54.1 Å². The summed E-state index contributed by atoms with van der Waals surface area (Å²) in [5, 5.41) is 15.6. The zero-order valence-corrected chi connectivity index (χ0v) is 20.4. The Morgan fingerprint density at radius 2 is 2.14 bits per heavy atom. The lowest BCUT2D eigenvalue weighted by molar-refractivity contribution is -0.179. The van der Waals surface area contributed by atoms with Crippen LogP contribution in [0.5, 0.6) is 5.75 Å². The highest BCUT2D eigenvalue weighted by Crippen LogP contribution is 2.49. The highest BCUT2D eigenvalue weighted by molar-refractivity contribution is 6.02. The number of piperidine rings is 3. The predicted molar refractivity (Wildman–Crippen MR) is 129 cm³/mol. The smallest absolute Gasteiger partial charge is 0.271 e. The number of aromatic amines is 1. The summed E-state index contributed by atoms with van der Waals surface area (Å²) < 4.78 is 35.4. The summed E-state index contributed by atoms with van der Waals surface area (Å²) in [6.45, 7) is 0.565. The van der Waals surface area contributed by atoms with E-state index in [0.29, 0.717) is 36.0 Å². The normalized spacial score (nSPS) is 27.3. The minimum absolute atomic E-state index is 0.0844. The number of nitrogens with one attached hydrogen (secondary N) is 3. The van der Waals surface area contributed by atoms with Crippen LogP contribution in [0.2, 0.25) is 0 Å². The Balaban J connectivity index is 1.42. The van der Waals surface area contributed by atoms with Crippen LogP contribution in [-0.2, 0) is 9.59 Å². The fourth-order valence-electron chi connectivity index (χ4n) is 6.10. The van der Waals surface area contributed by atoms with Gasteiger partial charge in [0.15, 0.2) is 0 Å². The number of nitrogens with zero attached hydrogens (tertiary/aromatic N) is 2. The van der Waals surface area contributed by atoms with Crippen LogP contribution in [0.1, 0.15) is 49.0 Å². The van der Waals surface area contributed by atoms with Crippen LogP contribution in [0.25, 0.3) is 10.9 Å². The second-order valence-corrected chi connectivity index (χ2v) is 10.1. The number of nitriles is 1. The third-order valence-electron chi connectivity index (χ3n) is 7.90. The number of halogens is 2. The second kappa shape index (κ2) is 9.65. The van der Waals surface area contributed by atoms with Crippen molar-refractivity contribution in [2.45, 2.75) is 62.6 Å². The van der Waals surface area contributed by atoms with Crippen LogP contribution in [-0.4, -0.2) is 65.3 Å². The van der Waals surface area contributed by atoms with Crippen LogP contribution < -0.4 is 15.4 Å². The van der Waals surface area contributed by atoms with Gasteiger partial charge in [-0.05, 0) is 50.3 Å². The van der Waals surface area contributed by atoms with Gasteiger partial charge in [0.2, 0.25) is 11.8 Å². The van der Waals surface area contributed by atoms with Crippen molar-refractivity contribution in [1.82, 2.24) is 20.5 Å². The van der Waals surface area contributed by atoms with Gasteiger partial charge in [-0.25, -0.2) is 8.78 Å². The van der Waals surface area contributed by atoms with Crippen LogP contribution in [0.15, 0.2) is 24.3 Å². The van der Waals surface area contributed by atoms with Gasteiger partial charge in [0.05, 0.1) is 19.1 Å². The fourth-order valence-corrected chi connectivity index (χ4v) is 6.10. The molecular formula is C26H29F2N5O4. The molecule has 1 aromatic carbocycles. The third kappa shape index (κ3) is 4.49. The highest BCUT2D eigenvalue weighted by atomic mass is 19.3. The molecule has 4 heterocycles. The number of benzene rings is 1. The summed E-state index contributed by atoms with van der Waals surface area (Å²) in [5.74, 6) is -5.90. The Morgan fingerprint density at radius 3 is 2.84 bits per heavy atom. The van der Waals surface area contributed by atoms with Crippen LogP contribution in [0, 0.1) is 23.2 Å². The number of amides is 3. The van der Waals surface area contributed by atoms with Gasteiger partial charge in [-0.15, -0.1) is 0 Å². The molecule has 0 unspecified atom stereocenters. The van der Waals surface area contributed by atoms with E-state index in [1.807, 2.05) is 6.07 Å². The van der Waals surface area contributed by atoms with E-state index in [1.165, 1.54) is 12.0 Å². The first-order valence-electron chi connectivity index (χ1n) is 12.6. The molecule has 1 saturated carbocycles. The molecule has 4 fully saturated rings. The summed E-state index contributed by atoms with van der Waals surface area (Å²) in [5.41, 5.74) is 0.815. The monoisotopic (exact) mass is 513 g/mol. The summed E-state index contributed by atoms with van der Waals surface area (Å²) in [7, 11) is 1.51. The van der Waals surface area contributed by atoms with E-state index in [9.17, 15) is 28.4 Å². The molecule has 3 N–H and O–H groups in total. The molecule has 11 heteroatoms. The number of hydrogen-bond acceptors (Lipinski definition) is 5. The number of alkyl halides is 2. The molecule has 6 rings (SSSR count). The van der Waals surface area contributed by atoms with Gasteiger partial charge in [-0.3, -0.25) is 14.4 Å². The Bertz CT molecular complexity index is 1270. The molecule has 0 radical (unpaired) electrons. The minimum atomic E-state index is -3.11. The highest BCUT2D eigenvalue weighted by Gasteiger charge is 2.60. The van der Waals surface area contributed by atoms with Crippen molar-refractivity contribution in [2.75, 3.05) is 13.7 Å². The molecule has 0 spiro atoms. The molecule has 9 nitrogen and oxygen atoms in total. The van der Waals surface area contributed by atoms with E-state index in [0.717, 1.165) is 6.42 Å². The SMILES string of the molecule is COc1cccc2[nH]c(C(=O)N3[C@@H]4CC[C@H]([C@@H]3C(=O)N[C@H](C#N)C[C@@H]3CCCNC3=O)C(F)(F)C4)cc12. The summed E-state index contributed by atoms with van der Waals surface area (Å²) in [4.78, 5) is 43.6. The Kier molecular flexibility index (Phi) is 6.52. The molecule has 37 heavy (non-hydrogen) atoms. The van der Waals surface area contributed by atoms with Crippen molar-refractivity contribution in [2.24, 2.45) is 11.8 Å². The molecule has 1 aliphatic carbocycles. The molecule has 4 aliphatic rings. The van der Waals surface area contributed by atoms with Gasteiger partial charge in [0, 0.05) is 35.8 Å². The number of rotatable bonds is 6. The van der Waals surface area contributed by atoms with Gasteiger partial charge in [-0.1, -0.05) is 6.07 Å². The minimum Gasteiger partial charge on any atom is -0.496 e. The summed E-state index contributed by atoms with van der Waals surface area (Å²) >= 11 is 0. The number of aromatic nitrogens is 1. The van der Waals surface area contributed by atoms with Crippen molar-refractivity contribution >= 4 is 28.6 Å². The van der Waals surface area contributed by atoms with Gasteiger partial charge >= 0.3 is 0 Å². The van der Waals surface area contributed by atoms with Gasteiger partial charge in [-0.2, -0.15) is 5.26 Å². The first-order chi connectivity index (χ1) is 17.7. The number of fused-ring (bicyclic) bond motifs is 4. The third-order valence-corrected chi connectivity index (χ3v) is 7.90. The van der Waals surface area contributed by atoms with E-state index in [2.05, 4.69) is 15.6 Å². The molecule has 3 saturated heterocycles. The van der Waals surface area contributed by atoms with Crippen LogP contribution in [0.3, 0.4) is 0 Å². The fraction of sp³-hybridized carbons (Fsp3) is 0.538. The predicted octanol–water partition coefficient (Wildman–Crippen LogP) is 2.73. The van der Waals surface area contributed by atoms with Crippen molar-refractivity contribution in [3.63, 3.8) is 0 Å². The quantitative estimate of drug-likeness (QED) is 0.547. The molecule has 3 aliphatic heterocycles. The number of ether oxygens (including phenoxy) is 1. The zero-order chi connectivity index (χ0) is 26.3. The molecule has 2 bridgehead atoms. The Hall–Kier alpha value is -3.68. The number of carbonyl (C=O) groups is 3. The Labute approximate surface area is 212 Å². The maximum atomic E-state index is 15.0. The second-order valence-electron chi connectivity index (χ2n) is 10.1. The first kappa shape index (κ1) is 25.0. The molecule has 2 aromatic rings. The maximum absolute atomic E-state index is 15.0. The van der Waals surface area contributed by atoms with Crippen LogP contribution in [0.4, 0.5) is 8.78 Å². The number of methoxy groups -OCH3 is 1. The summed E-state index contributed by atoms with van der Waals surface area (Å²) in [6, 6.07) is 5.59. The van der Waals surface area contributed by atoms with Crippen LogP contribution >= 0.6 is 0 Å². The number of hydrogen-bond donors (Lipinski definition) is 3. The lowest BCUT2D eigenvalue weighted by Gasteiger charge is -2.53. The topological polar surface area (TPSA) is 127 Å². The Morgan fingerprint density at radius 1 is 1.32 bits per heavy atom. The standard InChI is InChI=1S/C26H29F2N5O4/c1-37-21-6-2-5-19-17(21)11-20(32-19)25(36)33-16-7-8-18(26(27,28)12-16)22(33)24(35)31-15(13-29)10-14-4-3-9-30-23(14)34/h2,5-6,11,14-16,18,22,32H,3-4,7-10,12H2,1H3,(H,30,34)(H,31,35)/t14-,15-,16+,18+,22+/m0/s1. The lowest BCUT2D eigenvalue weighted by Crippen LogP contribution is -2.68. The van der Waals surface area contributed by atoms with Crippen molar-refractivity contribution in [3.8, 4) is 11.8 Å².